The second-order valence-electron chi connectivity index (χ2n) is 21.9. The van der Waals surface area contributed by atoms with Gasteiger partial charge in [-0.25, -0.2) is 9.59 Å². The Morgan fingerprint density at radius 3 is 1.60 bits per heavy atom. The molecule has 4 atom stereocenters. The van der Waals surface area contributed by atoms with E-state index < -0.39 is 57.7 Å². The predicted octanol–water partition coefficient (Wildman–Crippen LogP) is 9.03. The maximum absolute atomic E-state index is 15.6. The van der Waals surface area contributed by atoms with Gasteiger partial charge in [-0.3, -0.25) is 9.69 Å². The first-order chi connectivity index (χ1) is 31.8. The topological polar surface area (TPSA) is 94.6 Å². The Morgan fingerprint density at radius 1 is 0.672 bits per heavy atom. The van der Waals surface area contributed by atoms with Gasteiger partial charge >= 0.3 is 12.1 Å². The molecule has 67 heavy (non-hydrogen) atoms. The van der Waals surface area contributed by atoms with Crippen LogP contribution < -0.4 is 20.7 Å². The molecule has 3 aliphatic rings. The number of hydrogen-bond acceptors (Lipinski definition) is 7. The number of unbranched alkanes of at least 4 members (excludes halogenated alkanes) is 2. The van der Waals surface area contributed by atoms with Crippen molar-refractivity contribution in [3.63, 3.8) is 0 Å². The van der Waals surface area contributed by atoms with Crippen molar-refractivity contribution in [2.45, 2.75) is 129 Å². The van der Waals surface area contributed by atoms with Crippen LogP contribution >= 0.6 is 0 Å². The number of rotatable bonds is 15. The molecule has 0 unspecified atom stereocenters. The third-order valence-electron chi connectivity index (χ3n) is 14.6. The number of amides is 2. The molecule has 4 aromatic rings. The highest BCUT2D eigenvalue weighted by atomic mass is 28.4. The van der Waals surface area contributed by atoms with Crippen molar-refractivity contribution in [2.24, 2.45) is 11.3 Å². The Bertz CT molecular complexity index is 2260. The lowest BCUT2D eigenvalue weighted by atomic mass is 9.59. The summed E-state index contributed by atoms with van der Waals surface area (Å²) in [5.74, 6) is -0.848. The molecular formula is C56H74N2O7Si2. The normalized spacial score (nSPS) is 21.3. The summed E-state index contributed by atoms with van der Waals surface area (Å²) < 4.78 is 26.3. The number of esters is 1. The number of methoxy groups -OCH3 is 1. The highest BCUT2D eigenvalue weighted by Gasteiger charge is 2.67. The number of carbonyl (C=O) groups excluding carboxylic acids is 3. The molecular weight excluding hydrogens is 869 g/mol. The molecule has 0 aromatic heterocycles. The lowest BCUT2D eigenvalue weighted by Gasteiger charge is -2.51. The molecule has 0 radical (unpaired) electrons. The third-order valence-corrected chi connectivity index (χ3v) is 24.6. The van der Waals surface area contributed by atoms with Crippen LogP contribution in [0.25, 0.3) is 0 Å². The van der Waals surface area contributed by atoms with Gasteiger partial charge < -0.3 is 23.2 Å². The van der Waals surface area contributed by atoms with Gasteiger partial charge in [-0.15, -0.1) is 0 Å². The van der Waals surface area contributed by atoms with E-state index in [1.165, 1.54) is 17.5 Å². The molecule has 2 saturated heterocycles. The van der Waals surface area contributed by atoms with E-state index in [9.17, 15) is 9.59 Å². The summed E-state index contributed by atoms with van der Waals surface area (Å²) in [5.41, 5.74) is -1.31. The maximum Gasteiger partial charge on any atom is 0.410 e. The van der Waals surface area contributed by atoms with Gasteiger partial charge in [0.2, 0.25) is 5.91 Å². The zero-order chi connectivity index (χ0) is 48.3. The quantitative estimate of drug-likeness (QED) is 0.0668. The van der Waals surface area contributed by atoms with E-state index in [1.54, 1.807) is 0 Å². The van der Waals surface area contributed by atoms with Gasteiger partial charge in [0.1, 0.15) is 5.60 Å². The van der Waals surface area contributed by atoms with Crippen molar-refractivity contribution in [2.75, 3.05) is 33.4 Å². The molecule has 0 saturated carbocycles. The molecule has 0 N–H and O–H groups in total. The van der Waals surface area contributed by atoms with E-state index in [0.717, 1.165) is 29.6 Å². The summed E-state index contributed by atoms with van der Waals surface area (Å²) in [7, 11) is -4.32. The molecule has 2 heterocycles. The zero-order valence-electron chi connectivity index (χ0n) is 41.7. The number of benzene rings is 4. The average molecular weight is 943 g/mol. The van der Waals surface area contributed by atoms with Crippen LogP contribution in [0.2, 0.25) is 10.1 Å². The van der Waals surface area contributed by atoms with Crippen LogP contribution in [0.15, 0.2) is 133 Å². The third kappa shape index (κ3) is 9.63. The van der Waals surface area contributed by atoms with Crippen LogP contribution in [0.4, 0.5) is 4.79 Å². The molecule has 2 aliphatic heterocycles. The number of hydrogen-bond donors (Lipinski definition) is 0. The fourth-order valence-electron chi connectivity index (χ4n) is 11.8. The van der Waals surface area contributed by atoms with E-state index >= 15 is 4.79 Å². The van der Waals surface area contributed by atoms with E-state index in [0.29, 0.717) is 44.5 Å². The molecule has 0 bridgehead atoms. The molecule has 7 rings (SSSR count). The first kappa shape index (κ1) is 50.1. The van der Waals surface area contributed by atoms with Gasteiger partial charge in [0.25, 0.3) is 16.6 Å². The number of carbonyl (C=O) groups is 3. The minimum absolute atomic E-state index is 0.00618. The van der Waals surface area contributed by atoms with Gasteiger partial charge in [-0.05, 0) is 90.1 Å². The number of piperidine rings is 1. The summed E-state index contributed by atoms with van der Waals surface area (Å²) in [5, 5.41) is 4.37. The van der Waals surface area contributed by atoms with Gasteiger partial charge in [0.05, 0.1) is 31.2 Å². The van der Waals surface area contributed by atoms with Gasteiger partial charge in [-0.1, -0.05) is 169 Å². The maximum atomic E-state index is 15.6. The summed E-state index contributed by atoms with van der Waals surface area (Å²) in [4.78, 5) is 47.8. The molecule has 1 aliphatic carbocycles. The van der Waals surface area contributed by atoms with Crippen molar-refractivity contribution in [3.05, 3.63) is 133 Å². The van der Waals surface area contributed by atoms with Crippen LogP contribution in [0.1, 0.15) is 101 Å². The van der Waals surface area contributed by atoms with Crippen LogP contribution in [0, 0.1) is 11.3 Å². The number of ether oxygens (including phenoxy) is 2. The second kappa shape index (κ2) is 20.0. The van der Waals surface area contributed by atoms with Crippen LogP contribution in [0.3, 0.4) is 0 Å². The van der Waals surface area contributed by atoms with Gasteiger partial charge in [0.15, 0.2) is 0 Å². The molecule has 11 heteroatoms. The van der Waals surface area contributed by atoms with E-state index in [4.69, 9.17) is 18.3 Å². The lowest BCUT2D eigenvalue weighted by molar-refractivity contribution is -0.154. The highest BCUT2D eigenvalue weighted by Crippen LogP contribution is 2.57. The first-order valence-corrected chi connectivity index (χ1v) is 28.2. The van der Waals surface area contributed by atoms with Crippen molar-refractivity contribution < 1.29 is 32.7 Å². The minimum atomic E-state index is -3.05. The van der Waals surface area contributed by atoms with Crippen LogP contribution in [-0.2, 0) is 27.9 Å². The van der Waals surface area contributed by atoms with Gasteiger partial charge in [0, 0.05) is 31.2 Å². The Hall–Kier alpha value is -4.82. The van der Waals surface area contributed by atoms with Crippen molar-refractivity contribution >= 4 is 55.4 Å². The van der Waals surface area contributed by atoms with E-state index in [-0.39, 0.29) is 22.6 Å². The zero-order valence-corrected chi connectivity index (χ0v) is 43.7. The smallest absolute Gasteiger partial charge is 0.410 e. The molecule has 9 nitrogen and oxygen atoms in total. The monoisotopic (exact) mass is 943 g/mol. The summed E-state index contributed by atoms with van der Waals surface area (Å²) in [6.45, 7) is 21.1. The Morgan fingerprint density at radius 2 is 1.15 bits per heavy atom. The summed E-state index contributed by atoms with van der Waals surface area (Å²) in [6, 6.07) is 41.4. The number of likely N-dealkylation sites (tertiary alicyclic amines) is 2. The average Bonchev–Trinajstić information content (AvgIpc) is 3.64. The van der Waals surface area contributed by atoms with Crippen LogP contribution in [0.5, 0.6) is 0 Å². The Balaban J connectivity index is 1.17. The fourth-order valence-corrected chi connectivity index (χ4v) is 21.0. The highest BCUT2D eigenvalue weighted by molar-refractivity contribution is 7.00. The van der Waals surface area contributed by atoms with Gasteiger partial charge in [-0.2, -0.15) is 0 Å². The van der Waals surface area contributed by atoms with E-state index in [1.807, 2.05) is 48.8 Å². The molecule has 2 amide bonds. The molecule has 4 aromatic carbocycles. The van der Waals surface area contributed by atoms with E-state index in [2.05, 4.69) is 151 Å². The van der Waals surface area contributed by atoms with Crippen molar-refractivity contribution in [1.29, 1.82) is 0 Å². The Kier molecular flexibility index (Phi) is 15.0. The standard InChI is InChI=1S/C56H74N2O7Si2/c1-53(2,3)65-52(61)58-42(41-64-67(55(7,8)9,45-30-20-13-21-31-45)46-32-22-14-23-33-46)40-56-48(47(50(59)62-10)34-35-49(56)58)36-38-57(51(56)60)37-24-15-25-39-63-66(54(4,5)6,43-26-16-11-17-27-43)44-28-18-12-19-29-44/h11-14,16-23,26-34,42,48-49H,15,24-25,35-41H2,1-10H3/t42-,48+,49+,56+/m1/s1. The fraction of sp³-hybridized carbons (Fsp3) is 0.482. The second-order valence-corrected chi connectivity index (χ2v) is 30.5. The SMILES string of the molecule is COC(=O)C1=CC[C@@H]2N(C(=O)OC(C)(C)C)[C@@H](CO[Si](c3ccccc3)(c3ccccc3)C(C)(C)C)C[C@@]23C(=O)N(CCCCCO[Si](c2ccccc2)(c2ccccc2)C(C)(C)C)CC[C@@H]13. The Labute approximate surface area is 402 Å². The van der Waals surface area contributed by atoms with Crippen molar-refractivity contribution in [3.8, 4) is 0 Å². The molecule has 1 spiro atoms. The largest absolute Gasteiger partial charge is 0.466 e. The lowest BCUT2D eigenvalue weighted by Crippen LogP contribution is -2.67. The number of nitrogens with zero attached hydrogens (tertiary/aromatic N) is 2. The summed E-state index contributed by atoms with van der Waals surface area (Å²) in [6.07, 6.45) is 5.24. The van der Waals surface area contributed by atoms with Crippen LogP contribution in [-0.4, -0.2) is 95.5 Å². The summed E-state index contributed by atoms with van der Waals surface area (Å²) >= 11 is 0. The molecule has 2 fully saturated rings. The van der Waals surface area contributed by atoms with Crippen molar-refractivity contribution in [1.82, 2.24) is 9.80 Å². The predicted molar refractivity (Wildman–Crippen MR) is 273 cm³/mol. The first-order valence-electron chi connectivity index (χ1n) is 24.4. The minimum Gasteiger partial charge on any atom is -0.466 e. The molecule has 358 valence electrons.